The minimum atomic E-state index is 0.441. The van der Waals surface area contributed by atoms with Gasteiger partial charge < -0.3 is 5.32 Å². The monoisotopic (exact) mass is 267 g/mol. The van der Waals surface area contributed by atoms with Crippen LogP contribution in [0, 0.1) is 6.92 Å². The van der Waals surface area contributed by atoms with Crippen molar-refractivity contribution in [3.8, 4) is 0 Å². The van der Waals surface area contributed by atoms with Crippen molar-refractivity contribution in [2.24, 2.45) is 0 Å². The number of rotatable bonds is 4. The molecule has 3 atom stereocenters. The standard InChI is InChI=1S/C14H25N3S/c1-5-12-8-17(13(6-2)7-15-12)10(3)14-9-18-11(4)16-14/h9-10,12-13,15H,5-8H2,1-4H3. The molecule has 102 valence electrons. The molecular weight excluding hydrogens is 242 g/mol. The van der Waals surface area contributed by atoms with Gasteiger partial charge in [-0.1, -0.05) is 13.8 Å². The molecule has 0 spiro atoms. The van der Waals surface area contributed by atoms with Crippen molar-refractivity contribution in [2.75, 3.05) is 13.1 Å². The van der Waals surface area contributed by atoms with Crippen LogP contribution in [-0.2, 0) is 0 Å². The van der Waals surface area contributed by atoms with Crippen molar-refractivity contribution < 1.29 is 0 Å². The van der Waals surface area contributed by atoms with Crippen LogP contribution in [0.5, 0.6) is 0 Å². The molecule has 1 fully saturated rings. The van der Waals surface area contributed by atoms with Gasteiger partial charge in [-0.05, 0) is 26.7 Å². The Morgan fingerprint density at radius 1 is 1.50 bits per heavy atom. The summed E-state index contributed by atoms with van der Waals surface area (Å²) in [6.07, 6.45) is 2.41. The van der Waals surface area contributed by atoms with Gasteiger partial charge in [-0.15, -0.1) is 11.3 Å². The first-order valence-corrected chi connectivity index (χ1v) is 7.94. The van der Waals surface area contributed by atoms with Crippen LogP contribution in [0.1, 0.15) is 50.4 Å². The number of aryl methyl sites for hydroxylation is 1. The average Bonchev–Trinajstić information content (AvgIpc) is 2.83. The number of nitrogens with one attached hydrogen (secondary N) is 1. The molecule has 2 rings (SSSR count). The topological polar surface area (TPSA) is 28.2 Å². The highest BCUT2D eigenvalue weighted by molar-refractivity contribution is 7.09. The first kappa shape index (κ1) is 14.0. The Morgan fingerprint density at radius 3 is 2.83 bits per heavy atom. The van der Waals surface area contributed by atoms with Crippen molar-refractivity contribution in [1.29, 1.82) is 0 Å². The van der Waals surface area contributed by atoms with Crippen molar-refractivity contribution in [3.63, 3.8) is 0 Å². The lowest BCUT2D eigenvalue weighted by Crippen LogP contribution is -2.56. The second-order valence-corrected chi connectivity index (χ2v) is 6.30. The zero-order chi connectivity index (χ0) is 13.1. The van der Waals surface area contributed by atoms with E-state index < -0.39 is 0 Å². The lowest BCUT2D eigenvalue weighted by atomic mass is 10.0. The minimum Gasteiger partial charge on any atom is -0.311 e. The molecule has 2 heterocycles. The molecule has 1 aromatic rings. The van der Waals surface area contributed by atoms with E-state index in [4.69, 9.17) is 0 Å². The van der Waals surface area contributed by atoms with Crippen LogP contribution < -0.4 is 5.32 Å². The molecule has 1 aliphatic heterocycles. The Labute approximate surface area is 115 Å². The molecule has 1 aliphatic rings. The molecule has 18 heavy (non-hydrogen) atoms. The fraction of sp³-hybridized carbons (Fsp3) is 0.786. The molecule has 0 aliphatic carbocycles. The molecule has 1 aromatic heterocycles. The van der Waals surface area contributed by atoms with Crippen LogP contribution in [0.2, 0.25) is 0 Å². The van der Waals surface area contributed by atoms with Crippen LogP contribution in [0.15, 0.2) is 5.38 Å². The highest BCUT2D eigenvalue weighted by Crippen LogP contribution is 2.27. The lowest BCUT2D eigenvalue weighted by Gasteiger charge is -2.43. The summed E-state index contributed by atoms with van der Waals surface area (Å²) in [5.74, 6) is 0. The molecule has 0 radical (unpaired) electrons. The van der Waals surface area contributed by atoms with Crippen LogP contribution in [0.4, 0.5) is 0 Å². The summed E-state index contributed by atoms with van der Waals surface area (Å²) < 4.78 is 0. The van der Waals surface area contributed by atoms with Crippen molar-refractivity contribution in [1.82, 2.24) is 15.2 Å². The highest BCUT2D eigenvalue weighted by Gasteiger charge is 2.30. The smallest absolute Gasteiger partial charge is 0.0898 e. The van der Waals surface area contributed by atoms with Crippen LogP contribution in [-0.4, -0.2) is 35.1 Å². The Bertz CT molecular complexity index is 377. The summed E-state index contributed by atoms with van der Waals surface area (Å²) in [7, 11) is 0. The predicted octanol–water partition coefficient (Wildman–Crippen LogP) is 2.97. The first-order chi connectivity index (χ1) is 8.65. The molecule has 0 saturated carbocycles. The maximum atomic E-state index is 4.66. The van der Waals surface area contributed by atoms with E-state index in [1.165, 1.54) is 23.5 Å². The summed E-state index contributed by atoms with van der Waals surface area (Å²) in [6.45, 7) is 11.2. The number of thiazole rings is 1. The molecule has 3 unspecified atom stereocenters. The summed E-state index contributed by atoms with van der Waals surface area (Å²) in [5.41, 5.74) is 1.24. The predicted molar refractivity (Wildman–Crippen MR) is 78.1 cm³/mol. The molecule has 0 amide bonds. The molecule has 1 N–H and O–H groups in total. The van der Waals surface area contributed by atoms with Crippen molar-refractivity contribution in [2.45, 2.75) is 58.7 Å². The lowest BCUT2D eigenvalue weighted by molar-refractivity contribution is 0.0834. The van der Waals surface area contributed by atoms with Gasteiger partial charge in [0, 0.05) is 30.6 Å². The van der Waals surface area contributed by atoms with E-state index in [-0.39, 0.29) is 0 Å². The SMILES string of the molecule is CCC1CN(C(C)c2csc(C)n2)C(CC)CN1. The Morgan fingerprint density at radius 2 is 2.28 bits per heavy atom. The Balaban J connectivity index is 2.12. The van der Waals surface area contributed by atoms with Crippen LogP contribution in [0.3, 0.4) is 0 Å². The summed E-state index contributed by atoms with van der Waals surface area (Å²) in [5, 5.41) is 7.04. The van der Waals surface area contributed by atoms with Crippen LogP contribution >= 0.6 is 11.3 Å². The summed E-state index contributed by atoms with van der Waals surface area (Å²) in [6, 6.07) is 1.72. The van der Waals surface area contributed by atoms with Crippen molar-refractivity contribution >= 4 is 11.3 Å². The van der Waals surface area contributed by atoms with E-state index in [1.54, 1.807) is 11.3 Å². The number of piperazine rings is 1. The van der Waals surface area contributed by atoms with E-state index in [1.807, 2.05) is 0 Å². The molecular formula is C14H25N3S. The van der Waals surface area contributed by atoms with Crippen LogP contribution in [0.25, 0.3) is 0 Å². The van der Waals surface area contributed by atoms with E-state index in [9.17, 15) is 0 Å². The second kappa shape index (κ2) is 6.13. The van der Waals surface area contributed by atoms with Gasteiger partial charge in [0.1, 0.15) is 0 Å². The fourth-order valence-corrected chi connectivity index (χ4v) is 3.46. The maximum absolute atomic E-state index is 4.66. The molecule has 1 saturated heterocycles. The van der Waals surface area contributed by atoms with Crippen molar-refractivity contribution in [3.05, 3.63) is 16.1 Å². The third kappa shape index (κ3) is 2.92. The van der Waals surface area contributed by atoms with Gasteiger partial charge in [0.2, 0.25) is 0 Å². The highest BCUT2D eigenvalue weighted by atomic mass is 32.1. The minimum absolute atomic E-state index is 0.441. The average molecular weight is 267 g/mol. The first-order valence-electron chi connectivity index (χ1n) is 7.06. The van der Waals surface area contributed by atoms with Gasteiger partial charge in [-0.3, -0.25) is 4.90 Å². The largest absolute Gasteiger partial charge is 0.311 e. The maximum Gasteiger partial charge on any atom is 0.0898 e. The quantitative estimate of drug-likeness (QED) is 0.909. The molecule has 0 bridgehead atoms. The van der Waals surface area contributed by atoms with Gasteiger partial charge >= 0.3 is 0 Å². The van der Waals surface area contributed by atoms with E-state index in [0.29, 0.717) is 18.1 Å². The third-order valence-electron chi connectivity index (χ3n) is 4.07. The van der Waals surface area contributed by atoms with E-state index in [2.05, 4.69) is 48.3 Å². The van der Waals surface area contributed by atoms with Gasteiger partial charge in [-0.2, -0.15) is 0 Å². The number of hydrogen-bond acceptors (Lipinski definition) is 4. The van der Waals surface area contributed by atoms with E-state index >= 15 is 0 Å². The Hall–Kier alpha value is -0.450. The normalized spacial score (nSPS) is 27.3. The second-order valence-electron chi connectivity index (χ2n) is 5.24. The Kier molecular flexibility index (Phi) is 4.76. The van der Waals surface area contributed by atoms with Gasteiger partial charge in [0.15, 0.2) is 0 Å². The zero-order valence-electron chi connectivity index (χ0n) is 11.9. The van der Waals surface area contributed by atoms with Gasteiger partial charge in [0.25, 0.3) is 0 Å². The fourth-order valence-electron chi connectivity index (χ4n) is 2.76. The number of nitrogens with zero attached hydrogens (tertiary/aromatic N) is 2. The summed E-state index contributed by atoms with van der Waals surface area (Å²) >= 11 is 1.76. The number of aromatic nitrogens is 1. The molecule has 4 heteroatoms. The third-order valence-corrected chi connectivity index (χ3v) is 4.86. The number of hydrogen-bond donors (Lipinski definition) is 1. The molecule has 0 aromatic carbocycles. The van der Waals surface area contributed by atoms with E-state index in [0.717, 1.165) is 13.1 Å². The van der Waals surface area contributed by atoms with Gasteiger partial charge in [0.05, 0.1) is 16.7 Å². The van der Waals surface area contributed by atoms with Gasteiger partial charge in [-0.25, -0.2) is 4.98 Å². The molecule has 3 nitrogen and oxygen atoms in total. The zero-order valence-corrected chi connectivity index (χ0v) is 12.8. The summed E-state index contributed by atoms with van der Waals surface area (Å²) in [4.78, 5) is 7.30.